The molecule has 1 saturated carbocycles. The molecule has 0 spiro atoms. The van der Waals surface area contributed by atoms with E-state index in [2.05, 4.69) is 6.92 Å². The van der Waals surface area contributed by atoms with E-state index in [0.29, 0.717) is 12.5 Å². The van der Waals surface area contributed by atoms with Crippen molar-refractivity contribution in [3.8, 4) is 0 Å². The second-order valence-corrected chi connectivity index (χ2v) is 4.41. The Hall–Kier alpha value is -1.06. The van der Waals surface area contributed by atoms with Gasteiger partial charge in [-0.05, 0) is 25.2 Å². The van der Waals surface area contributed by atoms with Crippen LogP contribution in [-0.2, 0) is 9.59 Å². The fourth-order valence-electron chi connectivity index (χ4n) is 2.21. The second-order valence-electron chi connectivity index (χ2n) is 4.41. The fourth-order valence-corrected chi connectivity index (χ4v) is 2.21. The third-order valence-electron chi connectivity index (χ3n) is 3.29. The van der Waals surface area contributed by atoms with Crippen LogP contribution in [0.5, 0.6) is 0 Å². The highest BCUT2D eigenvalue weighted by atomic mass is 16.2. The molecule has 2 rings (SSSR count). The first-order valence-corrected chi connectivity index (χ1v) is 5.21. The molecule has 14 heavy (non-hydrogen) atoms. The molecule has 2 amide bonds. The van der Waals surface area contributed by atoms with Gasteiger partial charge in [0.25, 0.3) is 0 Å². The first-order valence-electron chi connectivity index (χ1n) is 5.21. The number of hydrogen-bond donors (Lipinski definition) is 1. The summed E-state index contributed by atoms with van der Waals surface area (Å²) in [6.45, 7) is 2.77. The molecule has 0 aromatic rings. The lowest BCUT2D eigenvalue weighted by Crippen LogP contribution is -2.44. The van der Waals surface area contributed by atoms with E-state index in [-0.39, 0.29) is 23.8 Å². The quantitative estimate of drug-likeness (QED) is 0.681. The summed E-state index contributed by atoms with van der Waals surface area (Å²) in [6.07, 6.45) is 2.61. The van der Waals surface area contributed by atoms with Gasteiger partial charge in [0.1, 0.15) is 6.04 Å². The van der Waals surface area contributed by atoms with Gasteiger partial charge in [-0.15, -0.1) is 0 Å². The summed E-state index contributed by atoms with van der Waals surface area (Å²) in [4.78, 5) is 24.6. The number of amides is 2. The summed E-state index contributed by atoms with van der Waals surface area (Å²) in [5.74, 6) is 0.439. The molecule has 1 saturated heterocycles. The predicted octanol–water partition coefficient (Wildman–Crippen LogP) is 0.119. The number of nitrogens with zero attached hydrogens (tertiary/aromatic N) is 1. The van der Waals surface area contributed by atoms with Gasteiger partial charge in [-0.2, -0.15) is 0 Å². The van der Waals surface area contributed by atoms with Gasteiger partial charge in [0.15, 0.2) is 0 Å². The standard InChI is InChI=1S/C10H16N2O2/c1-6-5-7(6)10(14)12-4-2-3-8(12)9(11)13/h6-8H,2-5H2,1H3,(H2,11,13). The number of primary amides is 1. The van der Waals surface area contributed by atoms with Gasteiger partial charge >= 0.3 is 0 Å². The maximum atomic E-state index is 11.9. The third kappa shape index (κ3) is 1.49. The molecule has 1 aliphatic heterocycles. The molecule has 3 unspecified atom stereocenters. The Balaban J connectivity index is 2.02. The number of hydrogen-bond acceptors (Lipinski definition) is 2. The minimum absolute atomic E-state index is 0.138. The number of carbonyl (C=O) groups is 2. The lowest BCUT2D eigenvalue weighted by atomic mass is 10.2. The van der Waals surface area contributed by atoms with Crippen molar-refractivity contribution in [2.24, 2.45) is 17.6 Å². The summed E-state index contributed by atoms with van der Waals surface area (Å²) in [6, 6.07) is -0.338. The first-order chi connectivity index (χ1) is 6.61. The molecule has 2 fully saturated rings. The zero-order valence-corrected chi connectivity index (χ0v) is 8.40. The van der Waals surface area contributed by atoms with E-state index in [9.17, 15) is 9.59 Å². The molecule has 78 valence electrons. The minimum atomic E-state index is -0.357. The number of carbonyl (C=O) groups excluding carboxylic acids is 2. The van der Waals surface area contributed by atoms with Gasteiger partial charge in [0.2, 0.25) is 11.8 Å². The van der Waals surface area contributed by atoms with Crippen LogP contribution in [0.4, 0.5) is 0 Å². The smallest absolute Gasteiger partial charge is 0.240 e. The summed E-state index contributed by atoms with van der Waals surface area (Å²) < 4.78 is 0. The van der Waals surface area contributed by atoms with Crippen molar-refractivity contribution in [1.29, 1.82) is 0 Å². The minimum Gasteiger partial charge on any atom is -0.368 e. The van der Waals surface area contributed by atoms with Crippen LogP contribution in [-0.4, -0.2) is 29.3 Å². The number of likely N-dealkylation sites (tertiary alicyclic amines) is 1. The van der Waals surface area contributed by atoms with Crippen LogP contribution in [0.25, 0.3) is 0 Å². The number of rotatable bonds is 2. The molecule has 2 aliphatic rings. The molecule has 2 N–H and O–H groups in total. The maximum Gasteiger partial charge on any atom is 0.240 e. The van der Waals surface area contributed by atoms with E-state index in [1.807, 2.05) is 0 Å². The van der Waals surface area contributed by atoms with Crippen LogP contribution >= 0.6 is 0 Å². The van der Waals surface area contributed by atoms with Crippen molar-refractivity contribution in [1.82, 2.24) is 4.90 Å². The van der Waals surface area contributed by atoms with Crippen LogP contribution in [0.2, 0.25) is 0 Å². The SMILES string of the molecule is CC1CC1C(=O)N1CCCC1C(N)=O. The van der Waals surface area contributed by atoms with E-state index < -0.39 is 0 Å². The Kier molecular flexibility index (Phi) is 2.21. The molecule has 0 aromatic carbocycles. The van der Waals surface area contributed by atoms with Gasteiger partial charge in [-0.3, -0.25) is 9.59 Å². The Bertz CT molecular complexity index is 277. The van der Waals surface area contributed by atoms with E-state index in [4.69, 9.17) is 5.73 Å². The molecular formula is C10H16N2O2. The lowest BCUT2D eigenvalue weighted by molar-refractivity contribution is -0.138. The topological polar surface area (TPSA) is 63.4 Å². The summed E-state index contributed by atoms with van der Waals surface area (Å²) in [5.41, 5.74) is 5.25. The fraction of sp³-hybridized carbons (Fsp3) is 0.800. The monoisotopic (exact) mass is 196 g/mol. The Labute approximate surface area is 83.4 Å². The zero-order chi connectivity index (χ0) is 10.3. The van der Waals surface area contributed by atoms with Crippen LogP contribution < -0.4 is 5.73 Å². The average molecular weight is 196 g/mol. The maximum absolute atomic E-state index is 11.9. The van der Waals surface area contributed by atoms with Gasteiger partial charge < -0.3 is 10.6 Å². The largest absolute Gasteiger partial charge is 0.368 e. The first kappa shape index (κ1) is 9.49. The molecule has 1 heterocycles. The molecule has 4 heteroatoms. The Morgan fingerprint density at radius 2 is 2.07 bits per heavy atom. The van der Waals surface area contributed by atoms with Gasteiger partial charge in [-0.1, -0.05) is 6.92 Å². The zero-order valence-electron chi connectivity index (χ0n) is 8.40. The molecule has 3 atom stereocenters. The van der Waals surface area contributed by atoms with Crippen molar-refractivity contribution < 1.29 is 9.59 Å². The molecule has 0 radical (unpaired) electrons. The predicted molar refractivity (Wildman–Crippen MR) is 51.2 cm³/mol. The van der Waals surface area contributed by atoms with Gasteiger partial charge in [-0.25, -0.2) is 0 Å². The van der Waals surface area contributed by atoms with E-state index in [0.717, 1.165) is 19.3 Å². The van der Waals surface area contributed by atoms with Crippen molar-refractivity contribution in [3.05, 3.63) is 0 Å². The molecule has 0 bridgehead atoms. The lowest BCUT2D eigenvalue weighted by Gasteiger charge is -2.22. The van der Waals surface area contributed by atoms with E-state index >= 15 is 0 Å². The normalized spacial score (nSPS) is 35.8. The second kappa shape index (κ2) is 3.26. The molecule has 4 nitrogen and oxygen atoms in total. The van der Waals surface area contributed by atoms with Crippen LogP contribution in [0.3, 0.4) is 0 Å². The van der Waals surface area contributed by atoms with Crippen molar-refractivity contribution in [2.75, 3.05) is 6.54 Å². The van der Waals surface area contributed by atoms with E-state index in [1.165, 1.54) is 0 Å². The van der Waals surface area contributed by atoms with Crippen LogP contribution in [0, 0.1) is 11.8 Å². The highest BCUT2D eigenvalue weighted by Gasteiger charge is 2.45. The highest BCUT2D eigenvalue weighted by molar-refractivity contribution is 5.89. The number of nitrogens with two attached hydrogens (primary N) is 1. The Morgan fingerprint density at radius 3 is 2.57 bits per heavy atom. The summed E-state index contributed by atoms with van der Waals surface area (Å²) >= 11 is 0. The van der Waals surface area contributed by atoms with Crippen molar-refractivity contribution in [3.63, 3.8) is 0 Å². The van der Waals surface area contributed by atoms with Crippen LogP contribution in [0.1, 0.15) is 26.2 Å². The average Bonchev–Trinajstić information content (AvgIpc) is 2.69. The van der Waals surface area contributed by atoms with Gasteiger partial charge in [0.05, 0.1) is 0 Å². The Morgan fingerprint density at radius 1 is 1.43 bits per heavy atom. The molecule has 1 aliphatic carbocycles. The third-order valence-corrected chi connectivity index (χ3v) is 3.29. The van der Waals surface area contributed by atoms with E-state index in [1.54, 1.807) is 4.90 Å². The molecule has 0 aromatic heterocycles. The highest BCUT2D eigenvalue weighted by Crippen LogP contribution is 2.40. The van der Waals surface area contributed by atoms with Gasteiger partial charge in [0, 0.05) is 12.5 Å². The molecular weight excluding hydrogens is 180 g/mol. The van der Waals surface area contributed by atoms with Crippen molar-refractivity contribution in [2.45, 2.75) is 32.2 Å². The van der Waals surface area contributed by atoms with Crippen molar-refractivity contribution >= 4 is 11.8 Å². The van der Waals surface area contributed by atoms with Crippen LogP contribution in [0.15, 0.2) is 0 Å². The summed E-state index contributed by atoms with van der Waals surface area (Å²) in [5, 5.41) is 0. The summed E-state index contributed by atoms with van der Waals surface area (Å²) in [7, 11) is 0.